The van der Waals surface area contributed by atoms with Crippen molar-refractivity contribution < 1.29 is 0 Å². The zero-order chi connectivity index (χ0) is 10.9. The van der Waals surface area contributed by atoms with Crippen molar-refractivity contribution in [2.75, 3.05) is 7.05 Å². The number of rotatable bonds is 1. The van der Waals surface area contributed by atoms with Gasteiger partial charge in [-0.25, -0.2) is 10.8 Å². The third-order valence-electron chi connectivity index (χ3n) is 2.79. The molecule has 0 unspecified atom stereocenters. The summed E-state index contributed by atoms with van der Waals surface area (Å²) in [5.41, 5.74) is 1.44. The summed E-state index contributed by atoms with van der Waals surface area (Å²) >= 11 is 0. The average molecular weight is 195 g/mol. The van der Waals surface area contributed by atoms with Crippen LogP contribution in [0.1, 0.15) is 34.1 Å². The highest BCUT2D eigenvalue weighted by atomic mass is 15.4. The predicted molar refractivity (Wildman–Crippen MR) is 60.7 cm³/mol. The number of allylic oxidation sites excluding steroid dienone is 1. The lowest BCUT2D eigenvalue weighted by molar-refractivity contribution is 0.402. The van der Waals surface area contributed by atoms with Gasteiger partial charge in [0.25, 0.3) is 0 Å². The minimum atomic E-state index is 0.165. The number of hydrazine groups is 1. The Hall–Kier alpha value is -0.830. The molecule has 3 heteroatoms. The van der Waals surface area contributed by atoms with Crippen LogP contribution in [0.3, 0.4) is 0 Å². The maximum atomic E-state index is 5.74. The summed E-state index contributed by atoms with van der Waals surface area (Å²) in [7, 11) is 1.83. The van der Waals surface area contributed by atoms with Gasteiger partial charge in [-0.2, -0.15) is 0 Å². The Bertz CT molecular complexity index is 274. The Morgan fingerprint density at radius 2 is 2.14 bits per heavy atom. The first-order valence-electron chi connectivity index (χ1n) is 5.08. The van der Waals surface area contributed by atoms with Crippen molar-refractivity contribution in [3.8, 4) is 0 Å². The van der Waals surface area contributed by atoms with Crippen LogP contribution in [0.5, 0.6) is 0 Å². The van der Waals surface area contributed by atoms with Crippen LogP contribution in [0.2, 0.25) is 0 Å². The van der Waals surface area contributed by atoms with E-state index >= 15 is 0 Å². The largest absolute Gasteiger partial charge is 0.298 e. The van der Waals surface area contributed by atoms with Crippen molar-refractivity contribution in [3.63, 3.8) is 0 Å². The van der Waals surface area contributed by atoms with Crippen LogP contribution in [0.4, 0.5) is 0 Å². The average Bonchev–Trinajstić information content (AvgIpc) is 2.10. The zero-order valence-electron chi connectivity index (χ0n) is 9.83. The zero-order valence-corrected chi connectivity index (χ0v) is 9.83. The summed E-state index contributed by atoms with van der Waals surface area (Å²) in [6.45, 7) is 8.76. The van der Waals surface area contributed by atoms with Crippen molar-refractivity contribution in [1.82, 2.24) is 5.01 Å². The van der Waals surface area contributed by atoms with Gasteiger partial charge >= 0.3 is 0 Å². The van der Waals surface area contributed by atoms with Crippen LogP contribution in [0, 0.1) is 11.3 Å². The topological polar surface area (TPSA) is 41.6 Å². The Morgan fingerprint density at radius 1 is 1.57 bits per heavy atom. The standard InChI is InChI=1S/C11H21N3/c1-8-6-11(3,4)7-13-10(9(8)2)14(5)12/h7-8H,6,12H2,1-5H3/t8-/m0/s1. The van der Waals surface area contributed by atoms with Gasteiger partial charge in [0.2, 0.25) is 0 Å². The molecule has 0 saturated carbocycles. The van der Waals surface area contributed by atoms with Crippen molar-refractivity contribution >= 4 is 6.21 Å². The van der Waals surface area contributed by atoms with Crippen LogP contribution in [-0.2, 0) is 0 Å². The molecule has 80 valence electrons. The highest BCUT2D eigenvalue weighted by Crippen LogP contribution is 2.32. The highest BCUT2D eigenvalue weighted by molar-refractivity contribution is 5.66. The number of nitrogens with two attached hydrogens (primary N) is 1. The summed E-state index contributed by atoms with van der Waals surface area (Å²) in [5, 5.41) is 1.60. The van der Waals surface area contributed by atoms with Gasteiger partial charge in [0.05, 0.1) is 0 Å². The molecule has 1 aliphatic rings. The second-order valence-corrected chi connectivity index (χ2v) is 4.97. The van der Waals surface area contributed by atoms with Gasteiger partial charge in [0.1, 0.15) is 5.82 Å². The lowest BCUT2D eigenvalue weighted by Crippen LogP contribution is -2.25. The fourth-order valence-electron chi connectivity index (χ4n) is 1.92. The maximum Gasteiger partial charge on any atom is 0.141 e. The first-order chi connectivity index (χ1) is 6.33. The molecule has 14 heavy (non-hydrogen) atoms. The van der Waals surface area contributed by atoms with Crippen molar-refractivity contribution in [2.24, 2.45) is 22.2 Å². The Kier molecular flexibility index (Phi) is 3.00. The third-order valence-corrected chi connectivity index (χ3v) is 2.79. The van der Waals surface area contributed by atoms with E-state index in [0.29, 0.717) is 5.92 Å². The maximum absolute atomic E-state index is 5.74. The van der Waals surface area contributed by atoms with E-state index in [1.165, 1.54) is 5.57 Å². The third kappa shape index (κ3) is 2.35. The number of aliphatic imine (C=N–C) groups is 1. The van der Waals surface area contributed by atoms with Crippen LogP contribution in [-0.4, -0.2) is 18.3 Å². The normalized spacial score (nSPS) is 26.3. The van der Waals surface area contributed by atoms with Crippen molar-refractivity contribution in [2.45, 2.75) is 34.1 Å². The fourth-order valence-corrected chi connectivity index (χ4v) is 1.92. The predicted octanol–water partition coefficient (Wildman–Crippen LogP) is 2.16. The lowest BCUT2D eigenvalue weighted by Gasteiger charge is -2.22. The Labute approximate surface area is 86.7 Å². The SMILES string of the molecule is CC1=C(N(C)N)N=CC(C)(C)C[C@@H]1C. The molecule has 0 aromatic carbocycles. The molecule has 0 fully saturated rings. The second-order valence-electron chi connectivity index (χ2n) is 4.97. The molecule has 2 N–H and O–H groups in total. The van der Waals surface area contributed by atoms with E-state index in [1.807, 2.05) is 13.3 Å². The van der Waals surface area contributed by atoms with Crippen LogP contribution in [0.15, 0.2) is 16.4 Å². The van der Waals surface area contributed by atoms with Crippen LogP contribution >= 0.6 is 0 Å². The molecule has 1 aliphatic heterocycles. The molecule has 0 aromatic rings. The molecule has 0 amide bonds. The molecule has 1 heterocycles. The molecule has 1 atom stereocenters. The monoisotopic (exact) mass is 195 g/mol. The van der Waals surface area contributed by atoms with E-state index in [0.717, 1.165) is 12.2 Å². The van der Waals surface area contributed by atoms with E-state index in [1.54, 1.807) is 5.01 Å². The molecule has 3 nitrogen and oxygen atoms in total. The van der Waals surface area contributed by atoms with Gasteiger partial charge in [0.15, 0.2) is 0 Å². The van der Waals surface area contributed by atoms with Gasteiger partial charge in [-0.05, 0) is 24.8 Å². The number of hydrogen-bond donors (Lipinski definition) is 1. The van der Waals surface area contributed by atoms with Crippen molar-refractivity contribution in [1.29, 1.82) is 0 Å². The Balaban J connectivity index is 3.05. The van der Waals surface area contributed by atoms with E-state index < -0.39 is 0 Å². The molecule has 0 saturated heterocycles. The van der Waals surface area contributed by atoms with Gasteiger partial charge in [-0.15, -0.1) is 0 Å². The summed E-state index contributed by atoms with van der Waals surface area (Å²) in [5.74, 6) is 7.18. The number of hydrogen-bond acceptors (Lipinski definition) is 3. The smallest absolute Gasteiger partial charge is 0.141 e. The highest BCUT2D eigenvalue weighted by Gasteiger charge is 2.25. The molecule has 0 bridgehead atoms. The molecule has 0 radical (unpaired) electrons. The minimum Gasteiger partial charge on any atom is -0.298 e. The first kappa shape index (κ1) is 11.2. The van der Waals surface area contributed by atoms with Crippen LogP contribution in [0.25, 0.3) is 0 Å². The van der Waals surface area contributed by atoms with Gasteiger partial charge < -0.3 is 0 Å². The van der Waals surface area contributed by atoms with Gasteiger partial charge in [-0.3, -0.25) is 5.01 Å². The van der Waals surface area contributed by atoms with Crippen molar-refractivity contribution in [3.05, 3.63) is 11.4 Å². The Morgan fingerprint density at radius 3 is 2.64 bits per heavy atom. The van der Waals surface area contributed by atoms with Gasteiger partial charge in [-0.1, -0.05) is 20.8 Å². The first-order valence-corrected chi connectivity index (χ1v) is 5.08. The summed E-state index contributed by atoms with van der Waals surface area (Å²) in [6.07, 6.45) is 3.14. The van der Waals surface area contributed by atoms with E-state index in [9.17, 15) is 0 Å². The quantitative estimate of drug-likeness (QED) is 0.514. The van der Waals surface area contributed by atoms with Crippen LogP contribution < -0.4 is 5.84 Å². The van der Waals surface area contributed by atoms with E-state index in [2.05, 4.69) is 32.7 Å². The van der Waals surface area contributed by atoms with E-state index in [-0.39, 0.29) is 5.41 Å². The van der Waals surface area contributed by atoms with Gasteiger partial charge in [0, 0.05) is 18.7 Å². The summed E-state index contributed by atoms with van der Waals surface area (Å²) < 4.78 is 0. The molecule has 0 aromatic heterocycles. The second kappa shape index (κ2) is 3.73. The molecule has 1 rings (SSSR count). The molecular formula is C11H21N3. The number of nitrogens with zero attached hydrogens (tertiary/aromatic N) is 2. The van der Waals surface area contributed by atoms with E-state index in [4.69, 9.17) is 5.84 Å². The summed E-state index contributed by atoms with van der Waals surface area (Å²) in [4.78, 5) is 4.46. The fraction of sp³-hybridized carbons (Fsp3) is 0.727. The summed E-state index contributed by atoms with van der Waals surface area (Å²) in [6, 6.07) is 0. The molecular weight excluding hydrogens is 174 g/mol. The lowest BCUT2D eigenvalue weighted by atomic mass is 9.83. The minimum absolute atomic E-state index is 0.165. The molecule has 0 aliphatic carbocycles. The molecule has 0 spiro atoms.